The molecule has 1 heterocycles. The molecule has 1 aliphatic rings. The summed E-state index contributed by atoms with van der Waals surface area (Å²) in [5, 5.41) is 0. The van der Waals surface area contributed by atoms with Crippen molar-refractivity contribution >= 4 is 36.2 Å². The SMILES string of the molecule is CN(C)/C=C/C1=NC(=C\c2ccc(N)cc2B(F)F)/C(=O)N1C. The van der Waals surface area contributed by atoms with Gasteiger partial charge in [0.15, 0.2) is 0 Å². The van der Waals surface area contributed by atoms with Crippen molar-refractivity contribution in [1.82, 2.24) is 9.80 Å². The number of hydrogen-bond donors (Lipinski definition) is 1. The highest BCUT2D eigenvalue weighted by atomic mass is 19.2. The van der Waals surface area contributed by atoms with Gasteiger partial charge in [0.1, 0.15) is 11.5 Å². The molecular weight excluding hydrogens is 301 g/mol. The molecule has 1 amide bonds. The molecule has 0 radical (unpaired) electrons. The maximum absolute atomic E-state index is 13.1. The molecule has 5 nitrogen and oxygen atoms in total. The van der Waals surface area contributed by atoms with E-state index in [2.05, 4.69) is 4.99 Å². The summed E-state index contributed by atoms with van der Waals surface area (Å²) >= 11 is 0. The first-order valence-corrected chi connectivity index (χ1v) is 6.90. The number of nitrogens with two attached hydrogens (primary N) is 1. The average Bonchev–Trinajstić information content (AvgIpc) is 2.74. The van der Waals surface area contributed by atoms with E-state index in [0.29, 0.717) is 5.84 Å². The van der Waals surface area contributed by atoms with Gasteiger partial charge in [0.2, 0.25) is 0 Å². The molecule has 1 aromatic carbocycles. The smallest absolute Gasteiger partial charge is 0.399 e. The number of nitrogen functional groups attached to an aromatic ring is 1. The lowest BCUT2D eigenvalue weighted by atomic mass is 9.81. The van der Waals surface area contributed by atoms with Crippen LogP contribution in [0.1, 0.15) is 5.56 Å². The quantitative estimate of drug-likeness (QED) is 0.515. The molecule has 0 saturated heterocycles. The predicted molar refractivity (Wildman–Crippen MR) is 89.5 cm³/mol. The van der Waals surface area contributed by atoms with E-state index in [1.54, 1.807) is 24.2 Å². The normalized spacial score (nSPS) is 16.4. The zero-order chi connectivity index (χ0) is 17.1. The third-order valence-corrected chi connectivity index (χ3v) is 3.26. The molecule has 120 valence electrons. The Kier molecular flexibility index (Phi) is 4.83. The maximum atomic E-state index is 13.1. The Morgan fingerprint density at radius 2 is 2.04 bits per heavy atom. The fourth-order valence-electron chi connectivity index (χ4n) is 2.04. The molecule has 0 unspecified atom stereocenters. The number of rotatable bonds is 4. The molecule has 0 saturated carbocycles. The van der Waals surface area contributed by atoms with E-state index in [0.717, 1.165) is 0 Å². The Labute approximate surface area is 133 Å². The zero-order valence-corrected chi connectivity index (χ0v) is 13.1. The monoisotopic (exact) mass is 318 g/mol. The van der Waals surface area contributed by atoms with Gasteiger partial charge in [-0.25, -0.2) is 4.99 Å². The topological polar surface area (TPSA) is 61.9 Å². The van der Waals surface area contributed by atoms with Gasteiger partial charge in [-0.3, -0.25) is 18.3 Å². The van der Waals surface area contributed by atoms with Crippen LogP contribution in [0.15, 0.2) is 41.2 Å². The minimum absolute atomic E-state index is 0.109. The van der Waals surface area contributed by atoms with E-state index < -0.39 is 7.27 Å². The number of halogens is 2. The number of carbonyl (C=O) groups is 1. The van der Waals surface area contributed by atoms with Crippen molar-refractivity contribution in [2.24, 2.45) is 4.99 Å². The molecule has 1 aliphatic heterocycles. The minimum Gasteiger partial charge on any atom is -0.399 e. The first kappa shape index (κ1) is 16.7. The van der Waals surface area contributed by atoms with Crippen LogP contribution in [0.2, 0.25) is 0 Å². The summed E-state index contributed by atoms with van der Waals surface area (Å²) in [4.78, 5) is 19.6. The molecule has 8 heteroatoms. The Bertz CT molecular complexity index is 713. The van der Waals surface area contributed by atoms with Crippen molar-refractivity contribution in [3.05, 3.63) is 41.7 Å². The average molecular weight is 318 g/mol. The van der Waals surface area contributed by atoms with Crippen LogP contribution >= 0.6 is 0 Å². The van der Waals surface area contributed by atoms with Gasteiger partial charge in [-0.15, -0.1) is 0 Å². The maximum Gasteiger partial charge on any atom is 0.572 e. The van der Waals surface area contributed by atoms with Crippen molar-refractivity contribution in [2.75, 3.05) is 26.9 Å². The zero-order valence-electron chi connectivity index (χ0n) is 13.1. The van der Waals surface area contributed by atoms with Gasteiger partial charge in [0.05, 0.1) is 0 Å². The van der Waals surface area contributed by atoms with E-state index >= 15 is 0 Å². The Morgan fingerprint density at radius 1 is 1.35 bits per heavy atom. The van der Waals surface area contributed by atoms with Crippen molar-refractivity contribution in [1.29, 1.82) is 0 Å². The van der Waals surface area contributed by atoms with Gasteiger partial charge in [0, 0.05) is 38.5 Å². The van der Waals surface area contributed by atoms with E-state index in [1.807, 2.05) is 14.1 Å². The summed E-state index contributed by atoms with van der Waals surface area (Å²) in [6.07, 6.45) is 4.78. The van der Waals surface area contributed by atoms with Gasteiger partial charge in [0.25, 0.3) is 5.91 Å². The Balaban J connectivity index is 2.42. The summed E-state index contributed by atoms with van der Waals surface area (Å²) in [6.45, 7) is 0. The van der Waals surface area contributed by atoms with Gasteiger partial charge in [-0.1, -0.05) is 6.07 Å². The fourth-order valence-corrected chi connectivity index (χ4v) is 2.04. The molecule has 1 aromatic rings. The molecule has 0 aliphatic carbocycles. The number of benzene rings is 1. The second kappa shape index (κ2) is 6.64. The number of anilines is 1. The van der Waals surface area contributed by atoms with Gasteiger partial charge < -0.3 is 10.6 Å². The number of amidine groups is 1. The predicted octanol–water partition coefficient (Wildman–Crippen LogP) is 1.19. The molecule has 2 N–H and O–H groups in total. The Hall–Kier alpha value is -2.64. The van der Waals surface area contributed by atoms with Crippen LogP contribution in [0, 0.1) is 0 Å². The van der Waals surface area contributed by atoms with Crippen LogP contribution in [-0.4, -0.2) is 50.0 Å². The van der Waals surface area contributed by atoms with E-state index in [9.17, 15) is 13.4 Å². The largest absolute Gasteiger partial charge is 0.572 e. The second-order valence-corrected chi connectivity index (χ2v) is 5.33. The summed E-state index contributed by atoms with van der Waals surface area (Å²) in [5.41, 5.74) is 5.90. The summed E-state index contributed by atoms with van der Waals surface area (Å²) < 4.78 is 26.2. The Morgan fingerprint density at radius 3 is 2.65 bits per heavy atom. The molecule has 0 atom stereocenters. The fraction of sp³-hybridized carbons (Fsp3) is 0.200. The number of carbonyl (C=O) groups excluding carboxylic acids is 1. The molecule has 0 aromatic heterocycles. The van der Waals surface area contributed by atoms with Gasteiger partial charge in [-0.2, -0.15) is 0 Å². The highest BCUT2D eigenvalue weighted by Gasteiger charge is 2.27. The lowest BCUT2D eigenvalue weighted by Crippen LogP contribution is -2.27. The summed E-state index contributed by atoms with van der Waals surface area (Å²) in [7, 11) is 2.58. The van der Waals surface area contributed by atoms with Gasteiger partial charge >= 0.3 is 7.27 Å². The van der Waals surface area contributed by atoms with Crippen LogP contribution in [-0.2, 0) is 4.79 Å². The van der Waals surface area contributed by atoms with Gasteiger partial charge in [-0.05, 0) is 29.8 Å². The first-order chi connectivity index (χ1) is 10.8. The molecule has 0 bridgehead atoms. The standard InChI is InChI=1S/C15H17BF2N4O/c1-21(2)7-6-14-20-13(15(23)22(14)3)8-10-4-5-11(19)9-12(10)16(17)18/h4-9H,19H2,1-3H3/b7-6+,13-8-. The first-order valence-electron chi connectivity index (χ1n) is 6.90. The lowest BCUT2D eigenvalue weighted by molar-refractivity contribution is -0.121. The number of amides is 1. The van der Waals surface area contributed by atoms with Crippen LogP contribution < -0.4 is 11.2 Å². The third kappa shape index (κ3) is 3.77. The number of hydrogen-bond acceptors (Lipinski definition) is 4. The number of nitrogens with zero attached hydrogens (tertiary/aromatic N) is 3. The lowest BCUT2D eigenvalue weighted by Gasteiger charge is -2.09. The van der Waals surface area contributed by atoms with Crippen molar-refractivity contribution in [2.45, 2.75) is 0 Å². The van der Waals surface area contributed by atoms with Crippen LogP contribution in [0.4, 0.5) is 14.3 Å². The summed E-state index contributed by atoms with van der Waals surface area (Å²) in [5.74, 6) is 0.101. The summed E-state index contributed by atoms with van der Waals surface area (Å²) in [6, 6.07) is 4.18. The van der Waals surface area contributed by atoms with Crippen LogP contribution in [0.3, 0.4) is 0 Å². The second-order valence-electron chi connectivity index (χ2n) is 5.33. The molecule has 0 spiro atoms. The van der Waals surface area contributed by atoms with Crippen molar-refractivity contribution < 1.29 is 13.4 Å². The molecule has 23 heavy (non-hydrogen) atoms. The van der Waals surface area contributed by atoms with E-state index in [4.69, 9.17) is 5.73 Å². The number of likely N-dealkylation sites (N-methyl/N-ethyl adjacent to an activating group) is 1. The van der Waals surface area contributed by atoms with Crippen molar-refractivity contribution in [3.8, 4) is 0 Å². The third-order valence-electron chi connectivity index (χ3n) is 3.26. The van der Waals surface area contributed by atoms with E-state index in [1.165, 1.54) is 29.2 Å². The molecule has 2 rings (SSSR count). The molecule has 0 fully saturated rings. The molecular formula is C15H17BF2N4O. The van der Waals surface area contributed by atoms with E-state index in [-0.39, 0.29) is 28.3 Å². The number of aliphatic imine (C=N–C) groups is 1. The minimum atomic E-state index is -2.68. The highest BCUT2D eigenvalue weighted by molar-refractivity contribution is 6.61. The highest BCUT2D eigenvalue weighted by Crippen LogP contribution is 2.18. The van der Waals surface area contributed by atoms with Crippen LogP contribution in [0.5, 0.6) is 0 Å². The van der Waals surface area contributed by atoms with Crippen molar-refractivity contribution in [3.63, 3.8) is 0 Å². The van der Waals surface area contributed by atoms with Crippen LogP contribution in [0.25, 0.3) is 6.08 Å².